The number of hydrogen-bond acceptors (Lipinski definition) is 6. The Morgan fingerprint density at radius 3 is 2.73 bits per heavy atom. The highest BCUT2D eigenvalue weighted by Gasteiger charge is 2.14. The van der Waals surface area contributed by atoms with E-state index >= 15 is 0 Å². The summed E-state index contributed by atoms with van der Waals surface area (Å²) in [5.41, 5.74) is 2.47. The normalized spacial score (nSPS) is 10.9. The van der Waals surface area contributed by atoms with E-state index < -0.39 is 5.69 Å². The number of methoxy groups -OCH3 is 1. The zero-order chi connectivity index (χ0) is 21.1. The van der Waals surface area contributed by atoms with E-state index in [0.717, 1.165) is 15.8 Å². The highest BCUT2D eigenvalue weighted by atomic mass is 16.5. The van der Waals surface area contributed by atoms with E-state index in [-0.39, 0.29) is 12.5 Å². The van der Waals surface area contributed by atoms with Crippen molar-refractivity contribution in [1.29, 1.82) is 0 Å². The van der Waals surface area contributed by atoms with Gasteiger partial charge in [-0.05, 0) is 36.8 Å². The van der Waals surface area contributed by atoms with Crippen molar-refractivity contribution in [2.24, 2.45) is 0 Å². The number of amides is 1. The van der Waals surface area contributed by atoms with Crippen LogP contribution in [0.2, 0.25) is 0 Å². The van der Waals surface area contributed by atoms with Crippen LogP contribution in [0.1, 0.15) is 11.4 Å². The Morgan fingerprint density at radius 2 is 1.97 bits per heavy atom. The van der Waals surface area contributed by atoms with Gasteiger partial charge >= 0.3 is 5.69 Å². The van der Waals surface area contributed by atoms with Crippen molar-refractivity contribution in [3.8, 4) is 17.0 Å². The van der Waals surface area contributed by atoms with Crippen molar-refractivity contribution in [2.45, 2.75) is 20.0 Å². The highest BCUT2D eigenvalue weighted by molar-refractivity contribution is 5.75. The van der Waals surface area contributed by atoms with Crippen LogP contribution >= 0.6 is 0 Å². The second-order valence-electron chi connectivity index (χ2n) is 6.69. The summed E-state index contributed by atoms with van der Waals surface area (Å²) >= 11 is 0. The van der Waals surface area contributed by atoms with Crippen molar-refractivity contribution >= 4 is 11.6 Å². The largest absolute Gasteiger partial charge is 0.497 e. The van der Waals surface area contributed by atoms with Crippen molar-refractivity contribution in [1.82, 2.24) is 29.5 Å². The molecule has 0 saturated heterocycles. The number of carbonyl (C=O) groups is 1. The number of ether oxygens (including phenoxy) is 1. The van der Waals surface area contributed by atoms with Crippen LogP contribution in [0.3, 0.4) is 0 Å². The lowest BCUT2D eigenvalue weighted by Gasteiger charge is -2.06. The average molecular weight is 404 g/mol. The molecule has 0 spiro atoms. The summed E-state index contributed by atoms with van der Waals surface area (Å²) < 4.78 is 7.71. The quantitative estimate of drug-likeness (QED) is 0.523. The Kier molecular flexibility index (Phi) is 5.25. The molecule has 1 aromatic carbocycles. The first-order valence-corrected chi connectivity index (χ1v) is 9.32. The molecule has 0 atom stereocenters. The summed E-state index contributed by atoms with van der Waals surface area (Å²) in [6.07, 6.45) is 3.35. The Balaban J connectivity index is 1.54. The topological polar surface area (TPSA) is 103 Å². The molecule has 0 unspecified atom stereocenters. The van der Waals surface area contributed by atoms with Gasteiger partial charge in [-0.2, -0.15) is 0 Å². The first kappa shape index (κ1) is 19.3. The Hall–Kier alpha value is -4.01. The number of benzene rings is 1. The van der Waals surface area contributed by atoms with Gasteiger partial charge in [-0.3, -0.25) is 9.78 Å². The van der Waals surface area contributed by atoms with E-state index in [1.807, 2.05) is 36.4 Å². The molecular weight excluding hydrogens is 384 g/mol. The molecule has 1 N–H and O–H groups in total. The van der Waals surface area contributed by atoms with Crippen LogP contribution in [0.15, 0.2) is 59.7 Å². The van der Waals surface area contributed by atoms with Crippen LogP contribution in [0.4, 0.5) is 0 Å². The molecule has 0 saturated carbocycles. The number of carbonyl (C=O) groups excluding carboxylic acids is 1. The van der Waals surface area contributed by atoms with E-state index in [4.69, 9.17) is 4.74 Å². The van der Waals surface area contributed by atoms with Gasteiger partial charge in [0.1, 0.15) is 18.1 Å². The minimum atomic E-state index is -0.409. The maximum atomic E-state index is 12.7. The first-order chi connectivity index (χ1) is 14.5. The van der Waals surface area contributed by atoms with Gasteiger partial charge in [0.05, 0.1) is 12.8 Å². The van der Waals surface area contributed by atoms with Gasteiger partial charge in [-0.25, -0.2) is 18.9 Å². The molecule has 3 heterocycles. The van der Waals surface area contributed by atoms with Crippen molar-refractivity contribution in [3.63, 3.8) is 0 Å². The average Bonchev–Trinajstić information content (AvgIpc) is 3.08. The number of fused-ring (bicyclic) bond motifs is 1. The molecule has 0 aliphatic heterocycles. The van der Waals surface area contributed by atoms with E-state index in [9.17, 15) is 9.59 Å². The van der Waals surface area contributed by atoms with Gasteiger partial charge in [0.15, 0.2) is 5.65 Å². The van der Waals surface area contributed by atoms with Crippen molar-refractivity contribution in [2.75, 3.05) is 7.11 Å². The molecule has 9 heteroatoms. The number of pyridine rings is 1. The predicted octanol–water partition coefficient (Wildman–Crippen LogP) is 1.59. The summed E-state index contributed by atoms with van der Waals surface area (Å²) in [6, 6.07) is 12.8. The molecule has 4 aromatic rings. The molecule has 4 rings (SSSR count). The number of rotatable bonds is 6. The van der Waals surface area contributed by atoms with Gasteiger partial charge in [-0.1, -0.05) is 12.1 Å². The van der Waals surface area contributed by atoms with Gasteiger partial charge < -0.3 is 10.1 Å². The van der Waals surface area contributed by atoms with Crippen LogP contribution in [0, 0.1) is 6.92 Å². The molecule has 1 amide bonds. The lowest BCUT2D eigenvalue weighted by molar-refractivity contribution is -0.122. The minimum absolute atomic E-state index is 0.186. The lowest BCUT2D eigenvalue weighted by atomic mass is 10.2. The summed E-state index contributed by atoms with van der Waals surface area (Å²) in [6.45, 7) is 1.87. The smallest absolute Gasteiger partial charge is 0.352 e. The summed E-state index contributed by atoms with van der Waals surface area (Å²) in [7, 11) is 1.59. The van der Waals surface area contributed by atoms with Crippen LogP contribution < -0.4 is 15.7 Å². The van der Waals surface area contributed by atoms with Crippen LogP contribution in [0.25, 0.3) is 16.9 Å². The number of nitrogens with zero attached hydrogens (tertiary/aromatic N) is 5. The van der Waals surface area contributed by atoms with Crippen molar-refractivity contribution < 1.29 is 9.53 Å². The number of aromatic nitrogens is 5. The Morgan fingerprint density at radius 1 is 1.17 bits per heavy atom. The number of hydrogen-bond donors (Lipinski definition) is 1. The van der Waals surface area contributed by atoms with Gasteiger partial charge in [0, 0.05) is 30.6 Å². The maximum Gasteiger partial charge on any atom is 0.352 e. The molecule has 9 nitrogen and oxygen atoms in total. The van der Waals surface area contributed by atoms with Crippen LogP contribution in [-0.4, -0.2) is 37.2 Å². The third-order valence-electron chi connectivity index (χ3n) is 4.63. The van der Waals surface area contributed by atoms with Gasteiger partial charge in [0.2, 0.25) is 5.91 Å². The number of aryl methyl sites for hydroxylation is 1. The fourth-order valence-electron chi connectivity index (χ4n) is 3.15. The first-order valence-electron chi connectivity index (χ1n) is 9.32. The van der Waals surface area contributed by atoms with Crippen LogP contribution in [-0.2, 0) is 17.9 Å². The molecular formula is C21H20N6O3. The highest BCUT2D eigenvalue weighted by Crippen LogP contribution is 2.17. The Labute approximate surface area is 172 Å². The zero-order valence-corrected chi connectivity index (χ0v) is 16.6. The van der Waals surface area contributed by atoms with E-state index in [2.05, 4.69) is 20.4 Å². The summed E-state index contributed by atoms with van der Waals surface area (Å²) in [5.74, 6) is 0.891. The van der Waals surface area contributed by atoms with E-state index in [0.29, 0.717) is 29.5 Å². The standard InChI is InChI=1S/C21H20N6O3/c1-14-24-18(16-6-8-22-9-7-16)11-19-25-26(21(29)27(14)19)13-20(28)23-12-15-4-3-5-17(10-15)30-2/h3-11H,12-13H2,1-2H3,(H,23,28). The van der Waals surface area contributed by atoms with Crippen molar-refractivity contribution in [3.05, 3.63) is 76.7 Å². The molecule has 0 aliphatic rings. The second-order valence-corrected chi connectivity index (χ2v) is 6.69. The molecule has 0 fully saturated rings. The third-order valence-corrected chi connectivity index (χ3v) is 4.63. The SMILES string of the molecule is COc1cccc(CNC(=O)Cn2nc3cc(-c4ccncc4)nc(C)n3c2=O)c1. The second kappa shape index (κ2) is 8.16. The van der Waals surface area contributed by atoms with Gasteiger partial charge in [0.25, 0.3) is 0 Å². The molecule has 0 bridgehead atoms. The number of nitrogens with one attached hydrogen (secondary N) is 1. The fourth-order valence-corrected chi connectivity index (χ4v) is 3.15. The van der Waals surface area contributed by atoms with E-state index in [1.165, 1.54) is 4.40 Å². The van der Waals surface area contributed by atoms with Crippen LogP contribution in [0.5, 0.6) is 5.75 Å². The zero-order valence-electron chi connectivity index (χ0n) is 16.6. The molecule has 152 valence electrons. The predicted molar refractivity (Wildman–Crippen MR) is 110 cm³/mol. The van der Waals surface area contributed by atoms with E-state index in [1.54, 1.807) is 32.5 Å². The Bertz CT molecular complexity index is 1260. The maximum absolute atomic E-state index is 12.7. The monoisotopic (exact) mass is 404 g/mol. The summed E-state index contributed by atoms with van der Waals surface area (Å²) in [4.78, 5) is 33.6. The molecule has 0 radical (unpaired) electrons. The third kappa shape index (κ3) is 3.90. The lowest BCUT2D eigenvalue weighted by Crippen LogP contribution is -2.32. The minimum Gasteiger partial charge on any atom is -0.497 e. The molecule has 3 aromatic heterocycles. The molecule has 30 heavy (non-hydrogen) atoms. The fraction of sp³-hybridized carbons (Fsp3) is 0.190. The van der Waals surface area contributed by atoms with Gasteiger partial charge in [-0.15, -0.1) is 5.10 Å². The summed E-state index contributed by atoms with van der Waals surface area (Å²) in [5, 5.41) is 7.11. The molecule has 0 aliphatic carbocycles.